The zero-order valence-electron chi connectivity index (χ0n) is 3.19. The first-order chi connectivity index (χ1) is 3.18. The summed E-state index contributed by atoms with van der Waals surface area (Å²) in [6.45, 7) is 0. The number of carboxylic acids is 1. The van der Waals surface area contributed by atoms with E-state index in [1.54, 1.807) is 0 Å². The van der Waals surface area contributed by atoms with Crippen LogP contribution in [0.3, 0.4) is 0 Å². The first-order valence-electron chi connectivity index (χ1n) is 1.37. The normalized spacial score (nSPS) is 10.0. The van der Waals surface area contributed by atoms with E-state index in [9.17, 15) is 4.79 Å². The van der Waals surface area contributed by atoms with Crippen LogP contribution >= 0.6 is 23.2 Å². The molecule has 0 saturated carbocycles. The van der Waals surface area contributed by atoms with Gasteiger partial charge in [0, 0.05) is 5.54 Å². The second kappa shape index (κ2) is 5.79. The van der Waals surface area contributed by atoms with Gasteiger partial charge in [0.1, 0.15) is 5.03 Å². The SMILES string of the molecule is O=C(O)C(Cl)=CCl.[InH3]. The molecule has 0 aliphatic rings. The molecule has 0 bridgehead atoms. The van der Waals surface area contributed by atoms with Crippen molar-refractivity contribution in [3.63, 3.8) is 0 Å². The van der Waals surface area contributed by atoms with Crippen molar-refractivity contribution < 1.29 is 9.90 Å². The molecule has 0 rings (SSSR count). The van der Waals surface area contributed by atoms with Crippen molar-refractivity contribution >= 4 is 55.0 Å². The predicted octanol–water partition coefficient (Wildman–Crippen LogP) is 0.206. The molecule has 0 aromatic heterocycles. The molecule has 0 fully saturated rings. The maximum absolute atomic E-state index is 9.65. The minimum absolute atomic E-state index is 0. The Morgan fingerprint density at radius 3 is 2.00 bits per heavy atom. The van der Waals surface area contributed by atoms with E-state index in [-0.39, 0.29) is 30.9 Å². The van der Waals surface area contributed by atoms with Crippen LogP contribution in [-0.4, -0.2) is 36.9 Å². The summed E-state index contributed by atoms with van der Waals surface area (Å²) in [5.74, 6) is -1.21. The molecule has 46 valence electrons. The summed E-state index contributed by atoms with van der Waals surface area (Å²) >= 11 is 9.80. The molecule has 0 spiro atoms. The van der Waals surface area contributed by atoms with Crippen molar-refractivity contribution in [1.82, 2.24) is 0 Å². The van der Waals surface area contributed by atoms with Crippen LogP contribution in [0.15, 0.2) is 10.6 Å². The van der Waals surface area contributed by atoms with Gasteiger partial charge in [0.15, 0.2) is 0 Å². The van der Waals surface area contributed by atoms with E-state index in [0.29, 0.717) is 0 Å². The van der Waals surface area contributed by atoms with Crippen molar-refractivity contribution in [3.05, 3.63) is 10.6 Å². The van der Waals surface area contributed by atoms with Gasteiger partial charge in [-0.25, -0.2) is 4.79 Å². The summed E-state index contributed by atoms with van der Waals surface area (Å²) in [7, 11) is 0. The van der Waals surface area contributed by atoms with Gasteiger partial charge in [-0.05, 0) is 0 Å². The second-order valence-corrected chi connectivity index (χ2v) is 1.39. The van der Waals surface area contributed by atoms with Crippen LogP contribution in [0.25, 0.3) is 0 Å². The maximum atomic E-state index is 9.65. The molecule has 0 radical (unpaired) electrons. The van der Waals surface area contributed by atoms with E-state index >= 15 is 0 Å². The average Bonchev–Trinajstić information content (AvgIpc) is 1.65. The molecule has 0 aliphatic heterocycles. The van der Waals surface area contributed by atoms with Gasteiger partial charge in [0.25, 0.3) is 0 Å². The molecular weight excluding hydrogens is 254 g/mol. The Morgan fingerprint density at radius 2 is 2.00 bits per heavy atom. The van der Waals surface area contributed by atoms with Gasteiger partial charge in [-0.1, -0.05) is 23.2 Å². The summed E-state index contributed by atoms with van der Waals surface area (Å²) < 4.78 is 0. The Hall–Kier alpha value is 0.660. The first-order valence-corrected chi connectivity index (χ1v) is 2.19. The van der Waals surface area contributed by atoms with Crippen molar-refractivity contribution in [3.8, 4) is 0 Å². The third-order valence-electron chi connectivity index (χ3n) is 0.300. The van der Waals surface area contributed by atoms with Gasteiger partial charge >= 0.3 is 31.8 Å². The van der Waals surface area contributed by atoms with Crippen LogP contribution in [-0.2, 0) is 4.79 Å². The van der Waals surface area contributed by atoms with E-state index in [1.165, 1.54) is 0 Å². The Balaban J connectivity index is 0. The number of aliphatic carboxylic acids is 1. The molecule has 0 aromatic carbocycles. The zero-order valence-corrected chi connectivity index (χ0v) is 4.70. The van der Waals surface area contributed by atoms with Crippen LogP contribution in [0.2, 0.25) is 0 Å². The topological polar surface area (TPSA) is 37.3 Å². The molecule has 0 atom stereocenters. The van der Waals surface area contributed by atoms with Gasteiger partial charge < -0.3 is 5.11 Å². The van der Waals surface area contributed by atoms with Crippen LogP contribution in [0, 0.1) is 0 Å². The summed E-state index contributed by atoms with van der Waals surface area (Å²) in [5.41, 5.74) is 0.796. The molecule has 8 heavy (non-hydrogen) atoms. The molecule has 0 amide bonds. The standard InChI is InChI=1S/C3H2Cl2O2.In.3H/c4-1-2(5)3(6)7;;;;/h1H,(H,6,7);;;;. The average molecular weight is 259 g/mol. The third-order valence-corrected chi connectivity index (χ3v) is 0.901. The number of hydrogen-bond acceptors (Lipinski definition) is 1. The Kier molecular flexibility index (Phi) is 8.29. The fourth-order valence-electron chi connectivity index (χ4n) is 0.0467. The van der Waals surface area contributed by atoms with E-state index in [2.05, 4.69) is 0 Å². The predicted molar refractivity (Wildman–Crippen MR) is 37.4 cm³/mol. The molecule has 5 heteroatoms. The van der Waals surface area contributed by atoms with Crippen LogP contribution in [0.1, 0.15) is 0 Å². The number of hydrogen-bond donors (Lipinski definition) is 1. The van der Waals surface area contributed by atoms with Gasteiger partial charge in [0.05, 0.1) is 0 Å². The molecule has 0 aromatic rings. The zero-order chi connectivity index (χ0) is 5.86. The number of halogens is 2. The van der Waals surface area contributed by atoms with Crippen LogP contribution in [0.4, 0.5) is 0 Å². The van der Waals surface area contributed by atoms with E-state index in [1.807, 2.05) is 0 Å². The Morgan fingerprint density at radius 1 is 1.62 bits per heavy atom. The van der Waals surface area contributed by atoms with Crippen molar-refractivity contribution in [2.24, 2.45) is 0 Å². The Labute approximate surface area is 75.2 Å². The molecule has 0 aliphatic carbocycles. The van der Waals surface area contributed by atoms with E-state index < -0.39 is 5.97 Å². The molecule has 2 nitrogen and oxygen atoms in total. The second-order valence-electron chi connectivity index (χ2n) is 0.762. The first kappa shape index (κ1) is 11.5. The van der Waals surface area contributed by atoms with E-state index in [0.717, 1.165) is 5.54 Å². The van der Waals surface area contributed by atoms with Crippen molar-refractivity contribution in [2.45, 2.75) is 0 Å². The summed E-state index contributed by atoms with van der Waals surface area (Å²) in [6, 6.07) is 0. The van der Waals surface area contributed by atoms with Gasteiger partial charge in [-0.2, -0.15) is 0 Å². The van der Waals surface area contributed by atoms with Crippen molar-refractivity contribution in [1.29, 1.82) is 0 Å². The fourth-order valence-corrected chi connectivity index (χ4v) is 0.140. The Bertz CT molecular complexity index is 112. The number of rotatable bonds is 1. The molecular formula is C3H5Cl2InO2. The number of carbonyl (C=O) groups is 1. The van der Waals surface area contributed by atoms with Gasteiger partial charge in [-0.15, -0.1) is 0 Å². The summed E-state index contributed by atoms with van der Waals surface area (Å²) in [6.07, 6.45) is 0. The van der Waals surface area contributed by atoms with Gasteiger partial charge in [-0.3, -0.25) is 0 Å². The molecule has 0 saturated heterocycles. The summed E-state index contributed by atoms with van der Waals surface area (Å²) in [5, 5.41) is 7.52. The minimum atomic E-state index is -1.21. The quantitative estimate of drug-likeness (QED) is 0.683. The third kappa shape index (κ3) is 4.81. The monoisotopic (exact) mass is 258 g/mol. The molecule has 0 heterocycles. The van der Waals surface area contributed by atoms with E-state index in [4.69, 9.17) is 28.3 Å². The van der Waals surface area contributed by atoms with Crippen LogP contribution < -0.4 is 0 Å². The van der Waals surface area contributed by atoms with Crippen LogP contribution in [0.5, 0.6) is 0 Å². The molecule has 1 N–H and O–H groups in total. The molecule has 0 unspecified atom stereocenters. The van der Waals surface area contributed by atoms with Gasteiger partial charge in [0.2, 0.25) is 0 Å². The fraction of sp³-hybridized carbons (Fsp3) is 0. The number of carboxylic acid groups (broad SMARTS) is 1. The van der Waals surface area contributed by atoms with Crippen molar-refractivity contribution in [2.75, 3.05) is 0 Å². The summed E-state index contributed by atoms with van der Waals surface area (Å²) in [4.78, 5) is 9.65.